The maximum Gasteiger partial charge on any atom is 0.246 e. The Labute approximate surface area is 138 Å². The minimum Gasteiger partial charge on any atom is -0.375 e. The number of aromatic nitrogens is 2. The summed E-state index contributed by atoms with van der Waals surface area (Å²) in [7, 11) is 0. The highest BCUT2D eigenvalue weighted by Crippen LogP contribution is 2.26. The fraction of sp³-hybridized carbons (Fsp3) is 0.125. The Kier molecular flexibility index (Phi) is 4.32. The lowest BCUT2D eigenvalue weighted by Crippen LogP contribution is -2.00. The Morgan fingerprint density at radius 1 is 1.09 bits per heavy atom. The summed E-state index contributed by atoms with van der Waals surface area (Å²) in [6.45, 7) is 2.41. The van der Waals surface area contributed by atoms with Crippen molar-refractivity contribution in [3.05, 3.63) is 64.0 Å². The Morgan fingerprint density at radius 2 is 1.86 bits per heavy atom. The monoisotopic (exact) mass is 333 g/mol. The lowest BCUT2D eigenvalue weighted by molar-refractivity contribution is 0.384. The van der Waals surface area contributed by atoms with Crippen molar-refractivity contribution in [3.8, 4) is 11.4 Å². The van der Waals surface area contributed by atoms with Crippen LogP contribution in [0.1, 0.15) is 11.5 Å². The zero-order valence-corrected chi connectivity index (χ0v) is 13.3. The molecule has 0 saturated heterocycles. The zero-order chi connectivity index (χ0) is 15.5. The van der Waals surface area contributed by atoms with Crippen LogP contribution in [-0.2, 0) is 6.54 Å². The fourth-order valence-corrected chi connectivity index (χ4v) is 2.31. The Hall–Kier alpha value is -2.04. The molecule has 0 saturated carbocycles. The minimum atomic E-state index is 0.374. The van der Waals surface area contributed by atoms with E-state index in [1.54, 1.807) is 18.2 Å². The van der Waals surface area contributed by atoms with Gasteiger partial charge in [0.15, 0.2) is 0 Å². The van der Waals surface area contributed by atoms with E-state index in [0.717, 1.165) is 11.3 Å². The molecule has 0 fully saturated rings. The molecule has 22 heavy (non-hydrogen) atoms. The summed E-state index contributed by atoms with van der Waals surface area (Å²) in [5.74, 6) is 1.04. The van der Waals surface area contributed by atoms with E-state index in [4.69, 9.17) is 27.7 Å². The smallest absolute Gasteiger partial charge is 0.246 e. The fourth-order valence-electron chi connectivity index (χ4n) is 1.95. The molecule has 4 nitrogen and oxygen atoms in total. The number of aryl methyl sites for hydroxylation is 1. The summed E-state index contributed by atoms with van der Waals surface area (Å²) >= 11 is 12.0. The zero-order valence-electron chi connectivity index (χ0n) is 11.8. The molecule has 1 heterocycles. The molecule has 0 aliphatic carbocycles. The molecule has 0 amide bonds. The lowest BCUT2D eigenvalue weighted by atomic mass is 10.1. The van der Waals surface area contributed by atoms with Crippen molar-refractivity contribution < 1.29 is 4.52 Å². The van der Waals surface area contributed by atoms with E-state index in [-0.39, 0.29) is 0 Å². The predicted octanol–water partition coefficient (Wildman–Crippen LogP) is 4.96. The predicted molar refractivity (Wildman–Crippen MR) is 88.3 cm³/mol. The molecule has 0 spiro atoms. The van der Waals surface area contributed by atoms with Crippen molar-refractivity contribution in [2.75, 3.05) is 5.32 Å². The molecule has 0 aliphatic heterocycles. The Bertz CT molecular complexity index is 784. The van der Waals surface area contributed by atoms with Crippen molar-refractivity contribution in [2.45, 2.75) is 13.5 Å². The first kappa shape index (κ1) is 14.9. The van der Waals surface area contributed by atoms with Crippen LogP contribution in [0.4, 0.5) is 5.69 Å². The highest BCUT2D eigenvalue weighted by atomic mass is 35.5. The number of rotatable bonds is 4. The number of nitrogens with one attached hydrogen (secondary N) is 1. The van der Waals surface area contributed by atoms with E-state index in [0.29, 0.717) is 28.3 Å². The third-order valence-corrected chi connectivity index (χ3v) is 3.70. The van der Waals surface area contributed by atoms with Crippen LogP contribution in [0, 0.1) is 6.92 Å². The highest BCUT2D eigenvalue weighted by Gasteiger charge is 2.09. The molecule has 2 aromatic carbocycles. The normalized spacial score (nSPS) is 10.7. The second-order valence-electron chi connectivity index (χ2n) is 4.86. The quantitative estimate of drug-likeness (QED) is 0.732. The molecular weight excluding hydrogens is 321 g/mol. The molecule has 0 radical (unpaired) electrons. The first-order chi connectivity index (χ1) is 10.6. The van der Waals surface area contributed by atoms with Crippen LogP contribution >= 0.6 is 23.2 Å². The number of hydrogen-bond acceptors (Lipinski definition) is 4. The number of nitrogens with zero attached hydrogens (tertiary/aromatic N) is 2. The molecule has 0 aliphatic rings. The molecule has 3 rings (SSSR count). The number of benzene rings is 2. The summed E-state index contributed by atoms with van der Waals surface area (Å²) < 4.78 is 5.24. The Morgan fingerprint density at radius 3 is 2.64 bits per heavy atom. The van der Waals surface area contributed by atoms with Crippen LogP contribution in [0.2, 0.25) is 10.0 Å². The lowest BCUT2D eigenvalue weighted by Gasteiger charge is -2.05. The first-order valence-corrected chi connectivity index (χ1v) is 7.46. The van der Waals surface area contributed by atoms with E-state index >= 15 is 0 Å². The summed E-state index contributed by atoms with van der Waals surface area (Å²) in [5, 5.41) is 8.31. The van der Waals surface area contributed by atoms with E-state index in [1.807, 2.05) is 31.2 Å². The van der Waals surface area contributed by atoms with E-state index in [2.05, 4.69) is 15.5 Å². The molecule has 0 unspecified atom stereocenters. The number of anilines is 1. The van der Waals surface area contributed by atoms with Gasteiger partial charge in [0.25, 0.3) is 0 Å². The van der Waals surface area contributed by atoms with Crippen LogP contribution in [0.5, 0.6) is 0 Å². The van der Waals surface area contributed by atoms with Gasteiger partial charge in [-0.2, -0.15) is 4.98 Å². The molecular formula is C16H13Cl2N3O. The molecule has 0 atom stereocenters. The van der Waals surface area contributed by atoms with Gasteiger partial charge in [0.2, 0.25) is 11.7 Å². The number of hydrogen-bond donors (Lipinski definition) is 1. The van der Waals surface area contributed by atoms with E-state index in [1.165, 1.54) is 5.56 Å². The standard InChI is InChI=1S/C16H13Cl2N3O/c1-10-2-4-11(5-3-10)16-20-15(22-21-16)9-19-14-8-12(17)6-7-13(14)18/h2-8,19H,9H2,1H3. The van der Waals surface area contributed by atoms with Gasteiger partial charge in [-0.05, 0) is 25.1 Å². The van der Waals surface area contributed by atoms with Gasteiger partial charge in [0.1, 0.15) is 0 Å². The van der Waals surface area contributed by atoms with Gasteiger partial charge in [0.05, 0.1) is 17.3 Å². The van der Waals surface area contributed by atoms with Gasteiger partial charge in [-0.3, -0.25) is 0 Å². The van der Waals surface area contributed by atoms with Crippen LogP contribution in [-0.4, -0.2) is 10.1 Å². The van der Waals surface area contributed by atoms with Crippen molar-refractivity contribution in [1.29, 1.82) is 0 Å². The average molecular weight is 334 g/mol. The Balaban J connectivity index is 1.72. The summed E-state index contributed by atoms with van der Waals surface area (Å²) in [5.41, 5.74) is 2.83. The maximum atomic E-state index is 6.09. The van der Waals surface area contributed by atoms with Gasteiger partial charge < -0.3 is 9.84 Å². The van der Waals surface area contributed by atoms with Crippen LogP contribution in [0.15, 0.2) is 47.0 Å². The van der Waals surface area contributed by atoms with Gasteiger partial charge in [-0.1, -0.05) is 58.2 Å². The molecule has 112 valence electrons. The molecule has 0 bridgehead atoms. The van der Waals surface area contributed by atoms with Crippen LogP contribution in [0.3, 0.4) is 0 Å². The van der Waals surface area contributed by atoms with Crippen molar-refractivity contribution >= 4 is 28.9 Å². The highest BCUT2D eigenvalue weighted by molar-refractivity contribution is 6.35. The first-order valence-electron chi connectivity index (χ1n) is 6.70. The topological polar surface area (TPSA) is 51.0 Å². The van der Waals surface area contributed by atoms with E-state index in [9.17, 15) is 0 Å². The molecule has 1 aromatic heterocycles. The third-order valence-electron chi connectivity index (χ3n) is 3.14. The average Bonchev–Trinajstić information content (AvgIpc) is 2.98. The van der Waals surface area contributed by atoms with Crippen molar-refractivity contribution in [3.63, 3.8) is 0 Å². The second kappa shape index (κ2) is 6.38. The van der Waals surface area contributed by atoms with Gasteiger partial charge in [-0.25, -0.2) is 0 Å². The maximum absolute atomic E-state index is 6.09. The van der Waals surface area contributed by atoms with Crippen molar-refractivity contribution in [2.24, 2.45) is 0 Å². The summed E-state index contributed by atoms with van der Waals surface area (Å²) in [6.07, 6.45) is 0. The van der Waals surface area contributed by atoms with Gasteiger partial charge in [0, 0.05) is 10.6 Å². The second-order valence-corrected chi connectivity index (χ2v) is 5.70. The molecule has 3 aromatic rings. The minimum absolute atomic E-state index is 0.374. The van der Waals surface area contributed by atoms with Crippen LogP contribution in [0.25, 0.3) is 11.4 Å². The SMILES string of the molecule is Cc1ccc(-c2noc(CNc3cc(Cl)ccc3Cl)n2)cc1. The number of halogens is 2. The summed E-state index contributed by atoms with van der Waals surface area (Å²) in [6, 6.07) is 13.2. The van der Waals surface area contributed by atoms with Gasteiger partial charge >= 0.3 is 0 Å². The molecule has 6 heteroatoms. The van der Waals surface area contributed by atoms with E-state index < -0.39 is 0 Å². The van der Waals surface area contributed by atoms with Gasteiger partial charge in [-0.15, -0.1) is 0 Å². The third kappa shape index (κ3) is 3.40. The van der Waals surface area contributed by atoms with Crippen molar-refractivity contribution in [1.82, 2.24) is 10.1 Å². The van der Waals surface area contributed by atoms with Crippen LogP contribution < -0.4 is 5.32 Å². The molecule has 1 N–H and O–H groups in total. The summed E-state index contributed by atoms with van der Waals surface area (Å²) in [4.78, 5) is 4.36. The largest absolute Gasteiger partial charge is 0.375 e.